The van der Waals surface area contributed by atoms with Gasteiger partial charge in [0.15, 0.2) is 0 Å². The smallest absolute Gasteiger partial charge is 0.0394 e. The van der Waals surface area contributed by atoms with Crippen molar-refractivity contribution in [2.24, 2.45) is 17.8 Å². The molecule has 80 valence electrons. The third-order valence-electron chi connectivity index (χ3n) is 3.44. The molecule has 0 saturated carbocycles. The van der Waals surface area contributed by atoms with Crippen LogP contribution in [-0.2, 0) is 0 Å². The Morgan fingerprint density at radius 1 is 0.846 bits per heavy atom. The van der Waals surface area contributed by atoms with Gasteiger partial charge >= 0.3 is 0 Å². The van der Waals surface area contributed by atoms with Gasteiger partial charge in [-0.3, -0.25) is 0 Å². The molecule has 0 saturated heterocycles. The Hall–Kier alpha value is 0. The van der Waals surface area contributed by atoms with E-state index >= 15 is 0 Å². The van der Waals surface area contributed by atoms with Crippen molar-refractivity contribution in [3.05, 3.63) is 0 Å². The molecule has 0 radical (unpaired) electrons. The van der Waals surface area contributed by atoms with Crippen LogP contribution in [0.2, 0.25) is 0 Å². The third-order valence-corrected chi connectivity index (χ3v) is 3.44. The summed E-state index contributed by atoms with van der Waals surface area (Å²) in [5, 5.41) is 0. The molecule has 0 amide bonds. The van der Waals surface area contributed by atoms with Crippen molar-refractivity contribution < 1.29 is 0 Å². The Morgan fingerprint density at radius 2 is 1.46 bits per heavy atom. The molecule has 0 aliphatic carbocycles. The van der Waals surface area contributed by atoms with Crippen molar-refractivity contribution in [3.8, 4) is 0 Å². The van der Waals surface area contributed by atoms with Crippen molar-refractivity contribution in [1.29, 1.82) is 0 Å². The minimum Gasteiger partial charge on any atom is -0.0651 e. The van der Waals surface area contributed by atoms with Crippen molar-refractivity contribution >= 4 is 0 Å². The van der Waals surface area contributed by atoms with Crippen molar-refractivity contribution in [1.82, 2.24) is 0 Å². The molecule has 2 atom stereocenters. The molecule has 0 rings (SSSR count). The fourth-order valence-electron chi connectivity index (χ4n) is 1.94. The highest BCUT2D eigenvalue weighted by Gasteiger charge is 2.10. The van der Waals surface area contributed by atoms with Crippen molar-refractivity contribution in [2.45, 2.75) is 66.7 Å². The maximum Gasteiger partial charge on any atom is -0.0394 e. The molecule has 0 bridgehead atoms. The summed E-state index contributed by atoms with van der Waals surface area (Å²) in [6.07, 6.45) is 7.01. The van der Waals surface area contributed by atoms with Crippen LogP contribution in [0.1, 0.15) is 66.7 Å². The van der Waals surface area contributed by atoms with E-state index in [9.17, 15) is 0 Å². The van der Waals surface area contributed by atoms with Crippen LogP contribution in [0, 0.1) is 17.8 Å². The predicted octanol–water partition coefficient (Wildman–Crippen LogP) is 4.89. The molecule has 0 aromatic carbocycles. The molecule has 0 N–H and O–H groups in total. The van der Waals surface area contributed by atoms with Gasteiger partial charge in [-0.25, -0.2) is 0 Å². The van der Waals surface area contributed by atoms with Gasteiger partial charge in [0.2, 0.25) is 0 Å². The van der Waals surface area contributed by atoms with Crippen LogP contribution in [0.25, 0.3) is 0 Å². The van der Waals surface area contributed by atoms with Crippen LogP contribution < -0.4 is 0 Å². The topological polar surface area (TPSA) is 0 Å². The lowest BCUT2D eigenvalue weighted by molar-refractivity contribution is 0.325. The second-order valence-corrected chi connectivity index (χ2v) is 4.86. The number of rotatable bonds is 7. The van der Waals surface area contributed by atoms with Crippen LogP contribution in [-0.4, -0.2) is 0 Å². The summed E-state index contributed by atoms with van der Waals surface area (Å²) in [5.41, 5.74) is 0. The van der Waals surface area contributed by atoms with Gasteiger partial charge in [0.05, 0.1) is 0 Å². The Bertz CT molecular complexity index is 105. The van der Waals surface area contributed by atoms with Crippen LogP contribution in [0.5, 0.6) is 0 Å². The monoisotopic (exact) mass is 184 g/mol. The van der Waals surface area contributed by atoms with Crippen molar-refractivity contribution in [3.63, 3.8) is 0 Å². The van der Waals surface area contributed by atoms with Gasteiger partial charge < -0.3 is 0 Å². The Balaban J connectivity index is 3.49. The lowest BCUT2D eigenvalue weighted by Crippen LogP contribution is -2.07. The lowest BCUT2D eigenvalue weighted by atomic mass is 9.87. The van der Waals surface area contributed by atoms with Gasteiger partial charge in [-0.2, -0.15) is 0 Å². The van der Waals surface area contributed by atoms with Gasteiger partial charge in [-0.05, 0) is 17.8 Å². The summed E-state index contributed by atoms with van der Waals surface area (Å²) < 4.78 is 0. The Kier molecular flexibility index (Phi) is 7.41. The molecule has 13 heavy (non-hydrogen) atoms. The van der Waals surface area contributed by atoms with Crippen LogP contribution in [0.15, 0.2) is 0 Å². The first-order valence-corrected chi connectivity index (χ1v) is 6.11. The maximum atomic E-state index is 2.37. The minimum atomic E-state index is 0.877. The molecule has 0 aromatic heterocycles. The molecule has 0 aromatic rings. The zero-order valence-electron chi connectivity index (χ0n) is 10.3. The molecule has 0 heterocycles. The van der Waals surface area contributed by atoms with E-state index in [0.717, 1.165) is 17.8 Å². The quantitative estimate of drug-likeness (QED) is 0.528. The Morgan fingerprint density at radius 3 is 1.85 bits per heavy atom. The predicted molar refractivity (Wildman–Crippen MR) is 61.9 cm³/mol. The van der Waals surface area contributed by atoms with Crippen molar-refractivity contribution in [2.75, 3.05) is 0 Å². The molecule has 0 aliphatic rings. The highest BCUT2D eigenvalue weighted by molar-refractivity contribution is 4.62. The van der Waals surface area contributed by atoms with Crippen LogP contribution >= 0.6 is 0 Å². The SMILES string of the molecule is CCC(C)CCCC(CC)C(C)C. The highest BCUT2D eigenvalue weighted by atomic mass is 14.2. The summed E-state index contributed by atoms with van der Waals surface area (Å²) in [5.74, 6) is 2.77. The Labute approximate surface area is 85.1 Å². The second-order valence-electron chi connectivity index (χ2n) is 4.86. The number of hydrogen-bond donors (Lipinski definition) is 0. The average Bonchev–Trinajstić information content (AvgIpc) is 2.11. The first-order valence-electron chi connectivity index (χ1n) is 6.11. The molecular weight excluding hydrogens is 156 g/mol. The summed E-state index contributed by atoms with van der Waals surface area (Å²) in [6.45, 7) is 11.7. The summed E-state index contributed by atoms with van der Waals surface area (Å²) >= 11 is 0. The van der Waals surface area contributed by atoms with E-state index in [4.69, 9.17) is 0 Å². The molecule has 0 spiro atoms. The van der Waals surface area contributed by atoms with Gasteiger partial charge in [0, 0.05) is 0 Å². The van der Waals surface area contributed by atoms with E-state index in [-0.39, 0.29) is 0 Å². The van der Waals surface area contributed by atoms with E-state index < -0.39 is 0 Å². The molecule has 0 heteroatoms. The van der Waals surface area contributed by atoms with Gasteiger partial charge in [-0.15, -0.1) is 0 Å². The third kappa shape index (κ3) is 6.12. The van der Waals surface area contributed by atoms with Gasteiger partial charge in [-0.1, -0.05) is 66.7 Å². The van der Waals surface area contributed by atoms with Gasteiger partial charge in [0.25, 0.3) is 0 Å². The first kappa shape index (κ1) is 13.0. The standard InChI is InChI=1S/C13H28/c1-6-12(5)9-8-10-13(7-2)11(3)4/h11-13H,6-10H2,1-5H3. The first-order chi connectivity index (χ1) is 6.11. The van der Waals surface area contributed by atoms with E-state index in [1.807, 2.05) is 0 Å². The summed E-state index contributed by atoms with van der Waals surface area (Å²) in [4.78, 5) is 0. The molecule has 0 aliphatic heterocycles. The fraction of sp³-hybridized carbons (Fsp3) is 1.00. The molecular formula is C13H28. The van der Waals surface area contributed by atoms with E-state index in [0.29, 0.717) is 0 Å². The van der Waals surface area contributed by atoms with E-state index in [1.54, 1.807) is 0 Å². The van der Waals surface area contributed by atoms with E-state index in [1.165, 1.54) is 32.1 Å². The normalized spacial score (nSPS) is 16.2. The summed E-state index contributed by atoms with van der Waals surface area (Å²) in [7, 11) is 0. The van der Waals surface area contributed by atoms with Gasteiger partial charge in [0.1, 0.15) is 0 Å². The summed E-state index contributed by atoms with van der Waals surface area (Å²) in [6, 6.07) is 0. The van der Waals surface area contributed by atoms with E-state index in [2.05, 4.69) is 34.6 Å². The van der Waals surface area contributed by atoms with Crippen LogP contribution in [0.3, 0.4) is 0 Å². The zero-order valence-corrected chi connectivity index (χ0v) is 10.3. The molecule has 0 fully saturated rings. The molecule has 0 nitrogen and oxygen atoms in total. The second kappa shape index (κ2) is 7.41. The fourth-order valence-corrected chi connectivity index (χ4v) is 1.94. The lowest BCUT2D eigenvalue weighted by Gasteiger charge is -2.19. The number of hydrogen-bond acceptors (Lipinski definition) is 0. The minimum absolute atomic E-state index is 0.877. The molecule has 2 unspecified atom stereocenters. The largest absolute Gasteiger partial charge is 0.0651 e. The highest BCUT2D eigenvalue weighted by Crippen LogP contribution is 2.23. The average molecular weight is 184 g/mol. The maximum absolute atomic E-state index is 2.37. The van der Waals surface area contributed by atoms with Crippen LogP contribution in [0.4, 0.5) is 0 Å². The zero-order chi connectivity index (χ0) is 10.3.